The Labute approximate surface area is 172 Å². The number of benzene rings is 2. The molecule has 1 atom stereocenters. The average Bonchev–Trinajstić information content (AvgIpc) is 2.79. The number of aromatic nitrogens is 1. The number of pyridine rings is 1. The summed E-state index contributed by atoms with van der Waals surface area (Å²) in [7, 11) is 3.35. The summed E-state index contributed by atoms with van der Waals surface area (Å²) in [5, 5.41) is 3.63. The minimum absolute atomic E-state index is 0.252. The normalized spacial score (nSPS) is 16.5. The number of aryl methyl sites for hydroxylation is 1. The lowest BCUT2D eigenvalue weighted by atomic mass is 10.0. The summed E-state index contributed by atoms with van der Waals surface area (Å²) in [6.45, 7) is 4.81. The van der Waals surface area contributed by atoms with Gasteiger partial charge in [-0.25, -0.2) is 4.98 Å². The molecule has 1 aliphatic rings. The summed E-state index contributed by atoms with van der Waals surface area (Å²) in [4.78, 5) is 7.20. The summed E-state index contributed by atoms with van der Waals surface area (Å²) in [6, 6.07) is 21.1. The first-order chi connectivity index (χ1) is 14.2. The van der Waals surface area contributed by atoms with Gasteiger partial charge in [-0.2, -0.15) is 0 Å². The molecule has 29 heavy (non-hydrogen) atoms. The van der Waals surface area contributed by atoms with Crippen LogP contribution in [0.4, 0.5) is 5.69 Å². The smallest absolute Gasteiger partial charge is 0.213 e. The molecule has 2 aromatic carbocycles. The monoisotopic (exact) mass is 389 g/mol. The summed E-state index contributed by atoms with van der Waals surface area (Å²) in [5.41, 5.74) is 5.69. The summed E-state index contributed by atoms with van der Waals surface area (Å²) in [6.07, 6.45) is 0. The zero-order valence-corrected chi connectivity index (χ0v) is 17.2. The molecule has 4 rings (SSSR count). The molecule has 1 unspecified atom stereocenters. The highest BCUT2D eigenvalue weighted by Gasteiger charge is 2.24. The fraction of sp³-hybridized carbons (Fsp3) is 0.292. The van der Waals surface area contributed by atoms with Crippen molar-refractivity contribution in [3.8, 4) is 22.9 Å². The number of piperazine rings is 1. The number of anilines is 1. The molecule has 0 aliphatic carbocycles. The Balaban J connectivity index is 1.65. The van der Waals surface area contributed by atoms with Gasteiger partial charge in [-0.1, -0.05) is 42.0 Å². The second-order valence-electron chi connectivity index (χ2n) is 7.31. The lowest BCUT2D eigenvalue weighted by Gasteiger charge is -2.36. The summed E-state index contributed by atoms with van der Waals surface area (Å²) >= 11 is 0. The van der Waals surface area contributed by atoms with E-state index in [9.17, 15) is 0 Å². The fourth-order valence-electron chi connectivity index (χ4n) is 3.75. The molecule has 0 radical (unpaired) electrons. The summed E-state index contributed by atoms with van der Waals surface area (Å²) in [5.74, 6) is 1.51. The van der Waals surface area contributed by atoms with Gasteiger partial charge in [0.25, 0.3) is 0 Å². The second-order valence-corrected chi connectivity index (χ2v) is 7.31. The molecule has 5 heteroatoms. The Morgan fingerprint density at radius 3 is 2.38 bits per heavy atom. The molecule has 1 aromatic heterocycles. The molecular weight excluding hydrogens is 362 g/mol. The number of rotatable bonds is 5. The van der Waals surface area contributed by atoms with Gasteiger partial charge >= 0.3 is 0 Å². The van der Waals surface area contributed by atoms with E-state index in [-0.39, 0.29) is 6.04 Å². The van der Waals surface area contributed by atoms with E-state index in [0.717, 1.165) is 42.3 Å². The molecule has 2 heterocycles. The quantitative estimate of drug-likeness (QED) is 0.708. The van der Waals surface area contributed by atoms with E-state index in [1.807, 2.05) is 18.2 Å². The van der Waals surface area contributed by atoms with Crippen molar-refractivity contribution in [1.29, 1.82) is 0 Å². The number of nitrogens with one attached hydrogen (secondary N) is 1. The zero-order valence-electron chi connectivity index (χ0n) is 17.2. The Morgan fingerprint density at radius 1 is 0.931 bits per heavy atom. The number of methoxy groups -OCH3 is 2. The van der Waals surface area contributed by atoms with Crippen molar-refractivity contribution in [3.63, 3.8) is 0 Å². The maximum atomic E-state index is 5.40. The maximum absolute atomic E-state index is 5.40. The van der Waals surface area contributed by atoms with Crippen LogP contribution >= 0.6 is 0 Å². The lowest BCUT2D eigenvalue weighted by Crippen LogP contribution is -2.46. The highest BCUT2D eigenvalue weighted by molar-refractivity contribution is 5.76. The molecule has 0 spiro atoms. The van der Waals surface area contributed by atoms with Gasteiger partial charge in [-0.05, 0) is 30.7 Å². The Morgan fingerprint density at radius 2 is 1.69 bits per heavy atom. The van der Waals surface area contributed by atoms with E-state index in [1.54, 1.807) is 14.2 Å². The molecule has 1 fully saturated rings. The van der Waals surface area contributed by atoms with Gasteiger partial charge in [-0.15, -0.1) is 0 Å². The SMILES string of the molecule is COc1ccc(C2CN(c3ccc(OC)nc3-c3ccc(C)cc3)CCN2)cc1. The van der Waals surface area contributed by atoms with E-state index < -0.39 is 0 Å². The van der Waals surface area contributed by atoms with Crippen LogP contribution in [0.25, 0.3) is 11.3 Å². The Kier molecular flexibility index (Phi) is 5.67. The molecule has 0 amide bonds. The van der Waals surface area contributed by atoms with Crippen molar-refractivity contribution in [3.05, 3.63) is 71.8 Å². The van der Waals surface area contributed by atoms with Crippen LogP contribution in [0.15, 0.2) is 60.7 Å². The van der Waals surface area contributed by atoms with Gasteiger partial charge in [0.05, 0.1) is 25.6 Å². The molecule has 1 saturated heterocycles. The van der Waals surface area contributed by atoms with Crippen molar-refractivity contribution >= 4 is 5.69 Å². The molecule has 150 valence electrons. The van der Waals surface area contributed by atoms with Crippen molar-refractivity contribution in [2.75, 3.05) is 38.8 Å². The van der Waals surface area contributed by atoms with Crippen molar-refractivity contribution in [2.45, 2.75) is 13.0 Å². The predicted octanol–water partition coefficient (Wildman–Crippen LogP) is 4.23. The predicted molar refractivity (Wildman–Crippen MR) is 117 cm³/mol. The van der Waals surface area contributed by atoms with Crippen molar-refractivity contribution in [1.82, 2.24) is 10.3 Å². The van der Waals surface area contributed by atoms with E-state index in [1.165, 1.54) is 11.1 Å². The molecule has 1 aliphatic heterocycles. The van der Waals surface area contributed by atoms with Crippen LogP contribution in [0.5, 0.6) is 11.6 Å². The van der Waals surface area contributed by atoms with E-state index >= 15 is 0 Å². The molecular formula is C24H27N3O2. The van der Waals surface area contributed by atoms with Crippen LogP contribution < -0.4 is 19.7 Å². The molecule has 3 aromatic rings. The highest BCUT2D eigenvalue weighted by Crippen LogP contribution is 2.33. The van der Waals surface area contributed by atoms with E-state index in [2.05, 4.69) is 59.6 Å². The minimum atomic E-state index is 0.252. The third kappa shape index (κ3) is 4.20. The number of hydrogen-bond acceptors (Lipinski definition) is 5. The molecule has 5 nitrogen and oxygen atoms in total. The minimum Gasteiger partial charge on any atom is -0.497 e. The van der Waals surface area contributed by atoms with E-state index in [4.69, 9.17) is 14.5 Å². The van der Waals surface area contributed by atoms with Gasteiger partial charge in [0.1, 0.15) is 5.75 Å². The number of nitrogens with zero attached hydrogens (tertiary/aromatic N) is 2. The van der Waals surface area contributed by atoms with Gasteiger partial charge in [0.15, 0.2) is 0 Å². The maximum Gasteiger partial charge on any atom is 0.213 e. The average molecular weight is 389 g/mol. The van der Waals surface area contributed by atoms with Crippen molar-refractivity contribution < 1.29 is 9.47 Å². The van der Waals surface area contributed by atoms with Gasteiger partial charge in [-0.3, -0.25) is 0 Å². The van der Waals surface area contributed by atoms with Crippen LogP contribution in [0.3, 0.4) is 0 Å². The topological polar surface area (TPSA) is 46.6 Å². The Bertz CT molecular complexity index is 955. The van der Waals surface area contributed by atoms with Crippen LogP contribution in [0, 0.1) is 6.92 Å². The molecule has 0 saturated carbocycles. The van der Waals surface area contributed by atoms with E-state index in [0.29, 0.717) is 5.88 Å². The molecule has 1 N–H and O–H groups in total. The zero-order chi connectivity index (χ0) is 20.2. The number of hydrogen-bond donors (Lipinski definition) is 1. The third-order valence-electron chi connectivity index (χ3n) is 5.42. The first-order valence-corrected chi connectivity index (χ1v) is 9.92. The summed E-state index contributed by atoms with van der Waals surface area (Å²) < 4.78 is 10.7. The second kappa shape index (κ2) is 8.53. The van der Waals surface area contributed by atoms with Gasteiger partial charge < -0.3 is 19.7 Å². The first kappa shape index (κ1) is 19.3. The van der Waals surface area contributed by atoms with Crippen molar-refractivity contribution in [2.24, 2.45) is 0 Å². The standard InChI is InChI=1S/C24H27N3O2/c1-17-4-6-19(7-5-17)24-22(12-13-23(26-24)29-3)27-15-14-25-21(16-27)18-8-10-20(28-2)11-9-18/h4-13,21,25H,14-16H2,1-3H3. The fourth-order valence-corrected chi connectivity index (χ4v) is 3.75. The lowest BCUT2D eigenvalue weighted by molar-refractivity contribution is 0.398. The van der Waals surface area contributed by atoms with Gasteiger partial charge in [0, 0.05) is 37.3 Å². The Hall–Kier alpha value is -3.05. The van der Waals surface area contributed by atoms with Gasteiger partial charge in [0.2, 0.25) is 5.88 Å². The first-order valence-electron chi connectivity index (χ1n) is 9.92. The van der Waals surface area contributed by atoms with Crippen LogP contribution in [-0.2, 0) is 0 Å². The molecule has 0 bridgehead atoms. The third-order valence-corrected chi connectivity index (χ3v) is 5.42. The largest absolute Gasteiger partial charge is 0.497 e. The number of ether oxygens (including phenoxy) is 2. The van der Waals surface area contributed by atoms with Crippen LogP contribution in [0.2, 0.25) is 0 Å². The van der Waals surface area contributed by atoms with Crippen LogP contribution in [0.1, 0.15) is 17.2 Å². The van der Waals surface area contributed by atoms with Crippen LogP contribution in [-0.4, -0.2) is 38.8 Å². The highest BCUT2D eigenvalue weighted by atomic mass is 16.5.